The molecule has 0 aliphatic rings. The highest BCUT2D eigenvalue weighted by molar-refractivity contribution is 6.30. The van der Waals surface area contributed by atoms with Gasteiger partial charge >= 0.3 is 0 Å². The molecule has 94 valence electrons. The number of Topliss-reactive ketones (excluding diaryl/α,β-unsaturated/α-hetero) is 1. The van der Waals surface area contributed by atoms with Crippen LogP contribution in [0.4, 0.5) is 0 Å². The first kappa shape index (κ1) is 13.3. The van der Waals surface area contributed by atoms with Crippen molar-refractivity contribution in [3.63, 3.8) is 0 Å². The van der Waals surface area contributed by atoms with Crippen molar-refractivity contribution in [2.75, 3.05) is 0 Å². The van der Waals surface area contributed by atoms with E-state index in [4.69, 9.17) is 16.9 Å². The fraction of sp³-hybridized carbons (Fsp3) is 0.125. The standard InChI is InChI=1S/C16H12ClNO/c17-15-6-2-3-12(10-15)7-8-16(19)14-5-1-4-13(9-14)11-18/h1-6,9-10H,7-8H2. The third-order valence-electron chi connectivity index (χ3n) is 2.84. The first-order chi connectivity index (χ1) is 9.19. The van der Waals surface area contributed by atoms with E-state index in [-0.39, 0.29) is 5.78 Å². The Kier molecular flexibility index (Phi) is 4.33. The maximum atomic E-state index is 12.0. The molecule has 0 radical (unpaired) electrons. The molecule has 0 unspecified atom stereocenters. The second-order valence-electron chi connectivity index (χ2n) is 4.25. The van der Waals surface area contributed by atoms with Gasteiger partial charge in [0.1, 0.15) is 0 Å². The zero-order valence-corrected chi connectivity index (χ0v) is 11.0. The molecule has 2 nitrogen and oxygen atoms in total. The van der Waals surface area contributed by atoms with Crippen molar-refractivity contribution in [3.05, 3.63) is 70.2 Å². The number of rotatable bonds is 4. The van der Waals surface area contributed by atoms with E-state index in [1.54, 1.807) is 24.3 Å². The summed E-state index contributed by atoms with van der Waals surface area (Å²) in [5.41, 5.74) is 2.13. The molecule has 2 rings (SSSR count). The lowest BCUT2D eigenvalue weighted by Crippen LogP contribution is -2.01. The van der Waals surface area contributed by atoms with Gasteiger partial charge in [0.15, 0.2) is 5.78 Å². The first-order valence-corrected chi connectivity index (χ1v) is 6.34. The fourth-order valence-corrected chi connectivity index (χ4v) is 2.07. The number of carbonyl (C=O) groups excluding carboxylic acids is 1. The van der Waals surface area contributed by atoms with Crippen LogP contribution >= 0.6 is 11.6 Å². The van der Waals surface area contributed by atoms with Crippen LogP contribution in [0.15, 0.2) is 48.5 Å². The van der Waals surface area contributed by atoms with Crippen LogP contribution in [0, 0.1) is 11.3 Å². The van der Waals surface area contributed by atoms with E-state index >= 15 is 0 Å². The van der Waals surface area contributed by atoms with Gasteiger partial charge < -0.3 is 0 Å². The number of benzene rings is 2. The van der Waals surface area contributed by atoms with Gasteiger partial charge in [0.2, 0.25) is 0 Å². The lowest BCUT2D eigenvalue weighted by Gasteiger charge is -2.03. The second-order valence-corrected chi connectivity index (χ2v) is 4.68. The van der Waals surface area contributed by atoms with Gasteiger partial charge in [-0.05, 0) is 36.2 Å². The average Bonchev–Trinajstić information content (AvgIpc) is 2.45. The smallest absolute Gasteiger partial charge is 0.163 e. The molecule has 0 aliphatic carbocycles. The molecule has 19 heavy (non-hydrogen) atoms. The molecule has 0 spiro atoms. The molecule has 0 N–H and O–H groups in total. The third-order valence-corrected chi connectivity index (χ3v) is 3.08. The van der Waals surface area contributed by atoms with Gasteiger partial charge in [-0.3, -0.25) is 4.79 Å². The van der Waals surface area contributed by atoms with Gasteiger partial charge in [0, 0.05) is 17.0 Å². The molecule has 0 aliphatic heterocycles. The summed E-state index contributed by atoms with van der Waals surface area (Å²) in [5.74, 6) is 0.0390. The fourth-order valence-electron chi connectivity index (χ4n) is 1.86. The monoisotopic (exact) mass is 269 g/mol. The van der Waals surface area contributed by atoms with E-state index in [0.29, 0.717) is 29.0 Å². The second kappa shape index (κ2) is 6.17. The third kappa shape index (κ3) is 3.67. The Morgan fingerprint density at radius 1 is 1.16 bits per heavy atom. The molecular formula is C16H12ClNO. The largest absolute Gasteiger partial charge is 0.294 e. The van der Waals surface area contributed by atoms with Crippen LogP contribution in [0.3, 0.4) is 0 Å². The van der Waals surface area contributed by atoms with Crippen LogP contribution in [0.5, 0.6) is 0 Å². The summed E-state index contributed by atoms with van der Waals surface area (Å²) in [6.07, 6.45) is 1.06. The number of aryl methyl sites for hydroxylation is 1. The SMILES string of the molecule is N#Cc1cccc(C(=O)CCc2cccc(Cl)c2)c1. The number of nitriles is 1. The highest BCUT2D eigenvalue weighted by Gasteiger charge is 2.07. The maximum Gasteiger partial charge on any atom is 0.163 e. The van der Waals surface area contributed by atoms with Crippen molar-refractivity contribution < 1.29 is 4.79 Å². The van der Waals surface area contributed by atoms with Crippen molar-refractivity contribution in [3.8, 4) is 6.07 Å². The number of hydrogen-bond acceptors (Lipinski definition) is 2. The Bertz CT molecular complexity index is 643. The van der Waals surface area contributed by atoms with E-state index in [2.05, 4.69) is 0 Å². The number of halogens is 1. The summed E-state index contributed by atoms with van der Waals surface area (Å²) in [4.78, 5) is 12.0. The minimum Gasteiger partial charge on any atom is -0.294 e. The van der Waals surface area contributed by atoms with E-state index in [1.807, 2.05) is 30.3 Å². The zero-order chi connectivity index (χ0) is 13.7. The van der Waals surface area contributed by atoms with Crippen molar-refractivity contribution in [2.24, 2.45) is 0 Å². The van der Waals surface area contributed by atoms with Gasteiger partial charge in [0.25, 0.3) is 0 Å². The predicted octanol–water partition coefficient (Wildman–Crippen LogP) is 4.03. The van der Waals surface area contributed by atoms with Crippen molar-refractivity contribution in [2.45, 2.75) is 12.8 Å². The van der Waals surface area contributed by atoms with Crippen LogP contribution in [0.25, 0.3) is 0 Å². The minimum absolute atomic E-state index is 0.0390. The van der Waals surface area contributed by atoms with Gasteiger partial charge in [-0.1, -0.05) is 35.9 Å². The van der Waals surface area contributed by atoms with E-state index in [1.165, 1.54) is 0 Å². The summed E-state index contributed by atoms with van der Waals surface area (Å²) in [5, 5.41) is 9.48. The van der Waals surface area contributed by atoms with Gasteiger partial charge in [-0.15, -0.1) is 0 Å². The van der Waals surface area contributed by atoms with Crippen LogP contribution in [0.1, 0.15) is 27.9 Å². The maximum absolute atomic E-state index is 12.0. The minimum atomic E-state index is 0.0390. The highest BCUT2D eigenvalue weighted by atomic mass is 35.5. The van der Waals surface area contributed by atoms with Gasteiger partial charge in [-0.25, -0.2) is 0 Å². The van der Waals surface area contributed by atoms with Crippen molar-refractivity contribution in [1.29, 1.82) is 5.26 Å². The van der Waals surface area contributed by atoms with Gasteiger partial charge in [0.05, 0.1) is 11.6 Å². The summed E-state index contributed by atoms with van der Waals surface area (Å²) in [6, 6.07) is 16.3. The molecule has 2 aromatic carbocycles. The topological polar surface area (TPSA) is 40.9 Å². The average molecular weight is 270 g/mol. The molecule has 0 amide bonds. The number of ketones is 1. The van der Waals surface area contributed by atoms with Crippen LogP contribution in [-0.4, -0.2) is 5.78 Å². The quantitative estimate of drug-likeness (QED) is 0.787. The summed E-state index contributed by atoms with van der Waals surface area (Å²) < 4.78 is 0. The lowest BCUT2D eigenvalue weighted by molar-refractivity contribution is 0.0983. The number of hydrogen-bond donors (Lipinski definition) is 0. The Balaban J connectivity index is 2.03. The molecule has 0 aromatic heterocycles. The molecular weight excluding hydrogens is 258 g/mol. The highest BCUT2D eigenvalue weighted by Crippen LogP contribution is 2.14. The van der Waals surface area contributed by atoms with Gasteiger partial charge in [-0.2, -0.15) is 5.26 Å². The Hall–Kier alpha value is -2.11. The van der Waals surface area contributed by atoms with Crippen LogP contribution in [0.2, 0.25) is 5.02 Å². The Morgan fingerprint density at radius 2 is 1.95 bits per heavy atom. The predicted molar refractivity (Wildman–Crippen MR) is 75.3 cm³/mol. The zero-order valence-electron chi connectivity index (χ0n) is 10.3. The normalized spacial score (nSPS) is 9.89. The lowest BCUT2D eigenvalue weighted by atomic mass is 10.0. The molecule has 0 saturated carbocycles. The molecule has 0 heterocycles. The van der Waals surface area contributed by atoms with E-state index in [0.717, 1.165) is 5.56 Å². The molecule has 0 saturated heterocycles. The van der Waals surface area contributed by atoms with E-state index < -0.39 is 0 Å². The first-order valence-electron chi connectivity index (χ1n) is 5.97. The summed E-state index contributed by atoms with van der Waals surface area (Å²) >= 11 is 5.90. The molecule has 3 heteroatoms. The van der Waals surface area contributed by atoms with Crippen molar-refractivity contribution in [1.82, 2.24) is 0 Å². The van der Waals surface area contributed by atoms with E-state index in [9.17, 15) is 4.79 Å². The number of nitrogens with zero attached hydrogens (tertiary/aromatic N) is 1. The van der Waals surface area contributed by atoms with Crippen molar-refractivity contribution >= 4 is 17.4 Å². The summed E-state index contributed by atoms with van der Waals surface area (Å²) in [7, 11) is 0. The molecule has 0 bridgehead atoms. The Morgan fingerprint density at radius 3 is 2.68 bits per heavy atom. The summed E-state index contributed by atoms with van der Waals surface area (Å²) in [6.45, 7) is 0. The molecule has 0 fully saturated rings. The number of carbonyl (C=O) groups is 1. The Labute approximate surface area is 117 Å². The molecule has 2 aromatic rings. The molecule has 0 atom stereocenters. The van der Waals surface area contributed by atoms with Crippen LogP contribution in [-0.2, 0) is 6.42 Å². The van der Waals surface area contributed by atoms with Crippen LogP contribution < -0.4 is 0 Å².